The first-order chi connectivity index (χ1) is 22.4. The van der Waals surface area contributed by atoms with E-state index in [0.29, 0.717) is 32.0 Å². The van der Waals surface area contributed by atoms with E-state index in [4.69, 9.17) is 0 Å². The van der Waals surface area contributed by atoms with Gasteiger partial charge in [0, 0.05) is 57.6 Å². The maximum absolute atomic E-state index is 14.4. The van der Waals surface area contributed by atoms with Gasteiger partial charge >= 0.3 is 6.03 Å². The number of nitrogens with one attached hydrogen (secondary N) is 3. The molecule has 0 aromatic carbocycles. The Labute approximate surface area is 293 Å². The van der Waals surface area contributed by atoms with Gasteiger partial charge in [0.25, 0.3) is 16.1 Å². The maximum Gasteiger partial charge on any atom is 0.315 e. The molecule has 2 aliphatic heterocycles. The van der Waals surface area contributed by atoms with Gasteiger partial charge < -0.3 is 20.9 Å². The Hall–Kier alpha value is -2.58. The van der Waals surface area contributed by atoms with Crippen LogP contribution in [-0.4, -0.2) is 109 Å². The monoisotopic (exact) mass is 708 g/mol. The summed E-state index contributed by atoms with van der Waals surface area (Å²) < 4.78 is 29.3. The topological polar surface area (TPSA) is 165 Å². The van der Waals surface area contributed by atoms with E-state index < -0.39 is 62.8 Å². The van der Waals surface area contributed by atoms with E-state index in [0.717, 1.165) is 12.8 Å². The fourth-order valence-corrected chi connectivity index (χ4v) is 9.57. The number of Topliss-reactive ketones (excluding diaryl/α,β-unsaturated/α-hetero) is 2. The minimum atomic E-state index is -3.68. The number of carbonyl (C=O) groups excluding carboxylic acids is 5. The Morgan fingerprint density at radius 3 is 2.02 bits per heavy atom. The van der Waals surface area contributed by atoms with E-state index in [9.17, 15) is 32.4 Å². The van der Waals surface area contributed by atoms with Crippen molar-refractivity contribution in [3.8, 4) is 0 Å². The summed E-state index contributed by atoms with van der Waals surface area (Å²) in [5.74, 6) is -2.28. The van der Waals surface area contributed by atoms with E-state index >= 15 is 0 Å². The van der Waals surface area contributed by atoms with Gasteiger partial charge in [0.15, 0.2) is 5.78 Å². The second-order valence-corrected chi connectivity index (χ2v) is 19.7. The van der Waals surface area contributed by atoms with Crippen molar-refractivity contribution in [2.24, 2.45) is 39.9 Å². The number of likely N-dealkylation sites (N-methyl/N-ethyl adjacent to an activating group) is 1. The summed E-state index contributed by atoms with van der Waals surface area (Å²) in [5.41, 5.74) is -1.40. The fourth-order valence-electron chi connectivity index (χ4n) is 7.78. The number of rotatable bonds is 13. The van der Waals surface area contributed by atoms with E-state index in [1.165, 1.54) is 15.7 Å². The molecule has 278 valence electrons. The highest BCUT2D eigenvalue weighted by atomic mass is 32.2. The van der Waals surface area contributed by atoms with Gasteiger partial charge in [0.1, 0.15) is 6.04 Å². The molecule has 0 bridgehead atoms. The average molecular weight is 709 g/mol. The lowest BCUT2D eigenvalue weighted by atomic mass is 9.84. The Bertz CT molecular complexity index is 1430. The van der Waals surface area contributed by atoms with Crippen molar-refractivity contribution in [2.45, 2.75) is 119 Å². The maximum atomic E-state index is 14.4. The quantitative estimate of drug-likeness (QED) is 0.248. The average Bonchev–Trinajstić information content (AvgIpc) is 3.78. The number of piperidine rings is 1. The minimum Gasteiger partial charge on any atom is -0.353 e. The molecule has 13 nitrogen and oxygen atoms in total. The lowest BCUT2D eigenvalue weighted by Gasteiger charge is -2.39. The summed E-state index contributed by atoms with van der Waals surface area (Å²) in [5, 5.41) is 8.26. The SMILES string of the molecule is CNC(=O)C(=O)C(CC(=O)[C@@H]1[C@@H]2[C@H](CN1C(=O)[C@@H](NC(=O)N[C@H](CN1CCN(C(C)C)S1(=O)=O)C(C)(C)C)C(C)(C)C)C2(C)C)CC1CC1. The first-order valence-electron chi connectivity index (χ1n) is 17.9. The van der Waals surface area contributed by atoms with Crippen LogP contribution in [0.5, 0.6) is 0 Å². The molecule has 2 aliphatic carbocycles. The molecule has 4 rings (SSSR count). The summed E-state index contributed by atoms with van der Waals surface area (Å²) in [6.07, 6.45) is 2.31. The van der Waals surface area contributed by atoms with Crippen molar-refractivity contribution in [2.75, 3.05) is 33.2 Å². The summed E-state index contributed by atoms with van der Waals surface area (Å²) in [4.78, 5) is 69.1. The van der Waals surface area contributed by atoms with Crippen molar-refractivity contribution in [3.63, 3.8) is 0 Å². The van der Waals surface area contributed by atoms with Gasteiger partial charge in [-0.05, 0) is 54.3 Å². The highest BCUT2D eigenvalue weighted by Crippen LogP contribution is 2.65. The Morgan fingerprint density at radius 1 is 0.918 bits per heavy atom. The molecule has 1 unspecified atom stereocenters. The smallest absolute Gasteiger partial charge is 0.315 e. The first kappa shape index (κ1) is 39.2. The zero-order valence-corrected chi connectivity index (χ0v) is 32.2. The number of amides is 4. The molecule has 4 amide bonds. The lowest BCUT2D eigenvalue weighted by Crippen LogP contribution is -2.61. The van der Waals surface area contributed by atoms with E-state index in [-0.39, 0.29) is 47.9 Å². The van der Waals surface area contributed by atoms with Crippen LogP contribution in [0.15, 0.2) is 0 Å². The van der Waals surface area contributed by atoms with Gasteiger partial charge in [-0.15, -0.1) is 0 Å². The molecular weight excluding hydrogens is 648 g/mol. The molecule has 4 aliphatic rings. The zero-order valence-electron chi connectivity index (χ0n) is 31.4. The predicted octanol–water partition coefficient (Wildman–Crippen LogP) is 2.56. The minimum absolute atomic E-state index is 0.0758. The standard InChI is InChI=1S/C35H60N6O7S/c1-20(2)41-15-14-39(49(41,47)48)19-25(33(3,4)5)37-32(46)38-29(34(6,7)8)31(45)40-18-23-26(35(23,9)10)27(40)24(42)17-22(16-21-12-13-21)28(43)30(44)36-11/h20-23,25-27,29H,12-19H2,1-11H3,(H,36,44)(H2,37,38,46)/t22?,23-,25+,26-,27+,29+/m0/s1. The largest absolute Gasteiger partial charge is 0.353 e. The van der Waals surface area contributed by atoms with Crippen molar-refractivity contribution < 1.29 is 32.4 Å². The van der Waals surface area contributed by atoms with Gasteiger partial charge in [-0.1, -0.05) is 68.2 Å². The highest BCUT2D eigenvalue weighted by molar-refractivity contribution is 7.87. The number of ketones is 2. The third-order valence-corrected chi connectivity index (χ3v) is 13.5. The van der Waals surface area contributed by atoms with Gasteiger partial charge in [-0.2, -0.15) is 17.0 Å². The van der Waals surface area contributed by atoms with Crippen LogP contribution in [0, 0.1) is 39.9 Å². The lowest BCUT2D eigenvalue weighted by molar-refractivity contribution is -0.145. The molecule has 0 aromatic heterocycles. The molecule has 6 atom stereocenters. The van der Waals surface area contributed by atoms with Gasteiger partial charge in [0.05, 0.1) is 6.04 Å². The molecule has 0 radical (unpaired) electrons. The third-order valence-electron chi connectivity index (χ3n) is 11.3. The number of carbonyl (C=O) groups is 5. The summed E-state index contributed by atoms with van der Waals surface area (Å²) >= 11 is 0. The normalized spacial score (nSPS) is 26.9. The van der Waals surface area contributed by atoms with Gasteiger partial charge in [0.2, 0.25) is 11.7 Å². The second-order valence-electron chi connectivity index (χ2n) is 17.8. The summed E-state index contributed by atoms with van der Waals surface area (Å²) in [7, 11) is -2.28. The molecule has 3 N–H and O–H groups in total. The molecule has 0 aromatic rings. The molecule has 4 fully saturated rings. The number of hydrogen-bond donors (Lipinski definition) is 3. The molecule has 2 saturated heterocycles. The highest BCUT2D eigenvalue weighted by Gasteiger charge is 2.69. The number of nitrogens with zero attached hydrogens (tertiary/aromatic N) is 3. The summed E-state index contributed by atoms with van der Waals surface area (Å²) in [6.45, 7) is 20.3. The molecule has 2 heterocycles. The molecule has 0 spiro atoms. The number of hydrogen-bond acceptors (Lipinski definition) is 7. The van der Waals surface area contributed by atoms with Gasteiger partial charge in [-0.25, -0.2) is 4.79 Å². The molecule has 49 heavy (non-hydrogen) atoms. The van der Waals surface area contributed by atoms with Crippen LogP contribution in [0.4, 0.5) is 4.79 Å². The van der Waals surface area contributed by atoms with Crippen LogP contribution in [-0.2, 0) is 29.4 Å². The van der Waals surface area contributed by atoms with E-state index in [2.05, 4.69) is 29.8 Å². The molecule has 2 saturated carbocycles. The van der Waals surface area contributed by atoms with E-state index in [1.807, 2.05) is 55.4 Å². The predicted molar refractivity (Wildman–Crippen MR) is 186 cm³/mol. The number of likely N-dealkylation sites (tertiary alicyclic amines) is 1. The second kappa shape index (κ2) is 13.9. The van der Waals surface area contributed by atoms with Crippen molar-refractivity contribution in [1.82, 2.24) is 29.5 Å². The van der Waals surface area contributed by atoms with Crippen molar-refractivity contribution in [3.05, 3.63) is 0 Å². The first-order valence-corrected chi connectivity index (χ1v) is 19.3. The van der Waals surface area contributed by atoms with Crippen molar-refractivity contribution in [1.29, 1.82) is 0 Å². The number of fused-ring (bicyclic) bond motifs is 1. The number of urea groups is 1. The van der Waals surface area contributed by atoms with Crippen molar-refractivity contribution >= 4 is 39.6 Å². The third kappa shape index (κ3) is 8.32. The fraction of sp³-hybridized carbons (Fsp3) is 0.857. The van der Waals surface area contributed by atoms with Crippen LogP contribution in [0.1, 0.15) is 94.9 Å². The van der Waals surface area contributed by atoms with Gasteiger partial charge in [-0.3, -0.25) is 19.2 Å². The Morgan fingerprint density at radius 2 is 1.53 bits per heavy atom. The van der Waals surface area contributed by atoms with Crippen LogP contribution < -0.4 is 16.0 Å². The Kier molecular flexibility index (Phi) is 11.1. The van der Waals surface area contributed by atoms with Crippen LogP contribution in [0.3, 0.4) is 0 Å². The van der Waals surface area contributed by atoms with Crippen LogP contribution >= 0.6 is 0 Å². The summed E-state index contributed by atoms with van der Waals surface area (Å²) in [6, 6.07) is -3.10. The zero-order chi connectivity index (χ0) is 37.0. The molecule has 14 heteroatoms. The van der Waals surface area contributed by atoms with Crippen LogP contribution in [0.25, 0.3) is 0 Å². The van der Waals surface area contributed by atoms with E-state index in [1.54, 1.807) is 4.90 Å². The molecular formula is C35H60N6O7S. The Balaban J connectivity index is 1.52. The van der Waals surface area contributed by atoms with Crippen LogP contribution in [0.2, 0.25) is 0 Å².